The van der Waals surface area contributed by atoms with Gasteiger partial charge in [0.05, 0.1) is 0 Å². The first-order chi connectivity index (χ1) is 7.75. The minimum atomic E-state index is 0.300. The Morgan fingerprint density at radius 1 is 1.38 bits per heavy atom. The van der Waals surface area contributed by atoms with Crippen LogP contribution in [0.5, 0.6) is 0 Å². The zero-order chi connectivity index (χ0) is 11.4. The molecule has 2 aromatic rings. The van der Waals surface area contributed by atoms with E-state index in [1.165, 1.54) is 11.1 Å². The summed E-state index contributed by atoms with van der Waals surface area (Å²) in [4.78, 5) is 3.04. The molecule has 0 spiro atoms. The van der Waals surface area contributed by atoms with Crippen molar-refractivity contribution in [2.45, 2.75) is 19.5 Å². The fourth-order valence-electron chi connectivity index (χ4n) is 1.63. The fraction of sp³-hybridized carbons (Fsp3) is 0.231. The molecule has 0 aliphatic rings. The Balaban J connectivity index is 1.95. The maximum absolute atomic E-state index is 5.96. The van der Waals surface area contributed by atoms with Crippen LogP contribution in [0.3, 0.4) is 0 Å². The number of aromatic nitrogens is 1. The van der Waals surface area contributed by atoms with Crippen molar-refractivity contribution >= 4 is 11.6 Å². The number of hydrogen-bond donors (Lipinski definition) is 2. The van der Waals surface area contributed by atoms with Crippen molar-refractivity contribution in [3.63, 3.8) is 0 Å². The van der Waals surface area contributed by atoms with Crippen molar-refractivity contribution in [2.75, 3.05) is 0 Å². The Bertz CT molecular complexity index is 437. The lowest BCUT2D eigenvalue weighted by molar-refractivity contribution is 0.575. The van der Waals surface area contributed by atoms with Gasteiger partial charge in [-0.15, -0.1) is 0 Å². The highest BCUT2D eigenvalue weighted by molar-refractivity contribution is 6.30. The summed E-state index contributed by atoms with van der Waals surface area (Å²) >= 11 is 5.96. The molecule has 1 aromatic heterocycles. The van der Waals surface area contributed by atoms with E-state index in [1.807, 2.05) is 30.6 Å². The van der Waals surface area contributed by atoms with Gasteiger partial charge in [-0.3, -0.25) is 0 Å². The summed E-state index contributed by atoms with van der Waals surface area (Å²) in [6, 6.07) is 10.3. The molecule has 0 fully saturated rings. The van der Waals surface area contributed by atoms with Crippen LogP contribution in [0.4, 0.5) is 0 Å². The maximum atomic E-state index is 5.96. The van der Waals surface area contributed by atoms with Gasteiger partial charge >= 0.3 is 0 Å². The number of halogens is 1. The smallest absolute Gasteiger partial charge is 0.0409 e. The van der Waals surface area contributed by atoms with Crippen LogP contribution < -0.4 is 5.32 Å². The van der Waals surface area contributed by atoms with Crippen LogP contribution >= 0.6 is 11.6 Å². The van der Waals surface area contributed by atoms with Gasteiger partial charge < -0.3 is 10.3 Å². The molecule has 2 nitrogen and oxygen atoms in total. The monoisotopic (exact) mass is 234 g/mol. The minimum Gasteiger partial charge on any atom is -0.367 e. The fourth-order valence-corrected chi connectivity index (χ4v) is 1.83. The third kappa shape index (κ3) is 2.87. The van der Waals surface area contributed by atoms with E-state index in [2.05, 4.69) is 29.4 Å². The second-order valence-electron chi connectivity index (χ2n) is 3.88. The van der Waals surface area contributed by atoms with Crippen LogP contribution in [0.25, 0.3) is 0 Å². The maximum Gasteiger partial charge on any atom is 0.0409 e. The van der Waals surface area contributed by atoms with Gasteiger partial charge in [0, 0.05) is 30.0 Å². The molecule has 16 heavy (non-hydrogen) atoms. The van der Waals surface area contributed by atoms with Gasteiger partial charge in [0.15, 0.2) is 0 Å². The highest BCUT2D eigenvalue weighted by Gasteiger charge is 2.04. The Hall–Kier alpha value is -1.25. The first-order valence-corrected chi connectivity index (χ1v) is 5.74. The van der Waals surface area contributed by atoms with Crippen LogP contribution in [-0.2, 0) is 6.54 Å². The first-order valence-electron chi connectivity index (χ1n) is 5.36. The molecule has 2 N–H and O–H groups in total. The molecule has 0 aliphatic carbocycles. The van der Waals surface area contributed by atoms with Gasteiger partial charge in [0.25, 0.3) is 0 Å². The van der Waals surface area contributed by atoms with E-state index in [4.69, 9.17) is 11.6 Å². The van der Waals surface area contributed by atoms with E-state index < -0.39 is 0 Å². The van der Waals surface area contributed by atoms with E-state index in [0.717, 1.165) is 11.6 Å². The lowest BCUT2D eigenvalue weighted by atomic mass is 10.1. The molecule has 0 radical (unpaired) electrons. The Kier molecular flexibility index (Phi) is 3.65. The van der Waals surface area contributed by atoms with Gasteiger partial charge in [-0.05, 0) is 36.2 Å². The molecule has 0 aliphatic heterocycles. The Morgan fingerprint density at radius 2 is 2.25 bits per heavy atom. The molecule has 0 saturated carbocycles. The second-order valence-corrected chi connectivity index (χ2v) is 4.31. The van der Waals surface area contributed by atoms with Gasteiger partial charge in [-0.25, -0.2) is 0 Å². The molecular weight excluding hydrogens is 220 g/mol. The topological polar surface area (TPSA) is 27.8 Å². The molecule has 1 unspecified atom stereocenters. The average molecular weight is 235 g/mol. The highest BCUT2D eigenvalue weighted by atomic mass is 35.5. The molecule has 1 aromatic carbocycles. The molecule has 0 bridgehead atoms. The zero-order valence-corrected chi connectivity index (χ0v) is 9.96. The highest BCUT2D eigenvalue weighted by Crippen LogP contribution is 2.17. The summed E-state index contributed by atoms with van der Waals surface area (Å²) in [5.74, 6) is 0. The van der Waals surface area contributed by atoms with E-state index in [1.54, 1.807) is 0 Å². The molecular formula is C13H15ClN2. The van der Waals surface area contributed by atoms with Gasteiger partial charge in [0.2, 0.25) is 0 Å². The van der Waals surface area contributed by atoms with E-state index >= 15 is 0 Å². The predicted octanol–water partition coefficient (Wildman–Crippen LogP) is 3.52. The van der Waals surface area contributed by atoms with Crippen molar-refractivity contribution in [1.29, 1.82) is 0 Å². The molecule has 2 rings (SSSR count). The lowest BCUT2D eigenvalue weighted by Crippen LogP contribution is -2.17. The summed E-state index contributed by atoms with van der Waals surface area (Å²) < 4.78 is 0. The van der Waals surface area contributed by atoms with Crippen molar-refractivity contribution in [1.82, 2.24) is 10.3 Å². The van der Waals surface area contributed by atoms with Crippen LogP contribution in [-0.4, -0.2) is 4.98 Å². The second kappa shape index (κ2) is 5.19. The van der Waals surface area contributed by atoms with Crippen LogP contribution in [0.2, 0.25) is 5.02 Å². The van der Waals surface area contributed by atoms with Crippen molar-refractivity contribution in [2.24, 2.45) is 0 Å². The SMILES string of the molecule is CC(NCc1cc[nH]c1)c1cccc(Cl)c1. The van der Waals surface area contributed by atoms with Crippen molar-refractivity contribution in [3.05, 3.63) is 58.9 Å². The summed E-state index contributed by atoms with van der Waals surface area (Å²) in [5.41, 5.74) is 2.47. The molecule has 0 amide bonds. The minimum absolute atomic E-state index is 0.300. The number of hydrogen-bond acceptors (Lipinski definition) is 1. The van der Waals surface area contributed by atoms with Crippen molar-refractivity contribution in [3.8, 4) is 0 Å². The number of aromatic amines is 1. The van der Waals surface area contributed by atoms with E-state index in [-0.39, 0.29) is 0 Å². The van der Waals surface area contributed by atoms with E-state index in [9.17, 15) is 0 Å². The van der Waals surface area contributed by atoms with Crippen LogP contribution in [0.15, 0.2) is 42.7 Å². The first kappa shape index (κ1) is 11.2. The average Bonchev–Trinajstić information content (AvgIpc) is 2.78. The summed E-state index contributed by atoms with van der Waals surface area (Å²) in [5, 5.41) is 4.23. The predicted molar refractivity (Wildman–Crippen MR) is 67.5 cm³/mol. The summed E-state index contributed by atoms with van der Waals surface area (Å²) in [7, 11) is 0. The summed E-state index contributed by atoms with van der Waals surface area (Å²) in [6.45, 7) is 3.00. The normalized spacial score (nSPS) is 12.6. The Morgan fingerprint density at radius 3 is 2.94 bits per heavy atom. The van der Waals surface area contributed by atoms with Gasteiger partial charge in [-0.2, -0.15) is 0 Å². The number of H-pyrrole nitrogens is 1. The molecule has 1 heterocycles. The third-order valence-corrected chi connectivity index (χ3v) is 2.86. The van der Waals surface area contributed by atoms with Crippen LogP contribution in [0, 0.1) is 0 Å². The quantitative estimate of drug-likeness (QED) is 0.833. The zero-order valence-electron chi connectivity index (χ0n) is 9.20. The number of nitrogens with one attached hydrogen (secondary N) is 2. The molecule has 84 valence electrons. The van der Waals surface area contributed by atoms with E-state index in [0.29, 0.717) is 6.04 Å². The standard InChI is InChI=1S/C13H15ClN2/c1-10(12-3-2-4-13(14)7-12)16-9-11-5-6-15-8-11/h2-8,10,15-16H,9H2,1H3. The summed E-state index contributed by atoms with van der Waals surface area (Å²) in [6.07, 6.45) is 3.93. The van der Waals surface area contributed by atoms with Crippen molar-refractivity contribution < 1.29 is 0 Å². The molecule has 0 saturated heterocycles. The Labute approximate surface area is 101 Å². The lowest BCUT2D eigenvalue weighted by Gasteiger charge is -2.13. The number of benzene rings is 1. The molecule has 1 atom stereocenters. The molecule has 3 heteroatoms. The third-order valence-electron chi connectivity index (χ3n) is 2.62. The largest absolute Gasteiger partial charge is 0.367 e. The number of rotatable bonds is 4. The van der Waals surface area contributed by atoms with Crippen LogP contribution in [0.1, 0.15) is 24.1 Å². The van der Waals surface area contributed by atoms with Gasteiger partial charge in [0.1, 0.15) is 0 Å². The van der Waals surface area contributed by atoms with Gasteiger partial charge in [-0.1, -0.05) is 23.7 Å².